The van der Waals surface area contributed by atoms with E-state index in [1.807, 2.05) is 40.8 Å². The van der Waals surface area contributed by atoms with E-state index in [1.165, 1.54) is 5.57 Å². The summed E-state index contributed by atoms with van der Waals surface area (Å²) in [5.41, 5.74) is 0.431. The van der Waals surface area contributed by atoms with Gasteiger partial charge >= 0.3 is 12.1 Å². The first kappa shape index (κ1) is 27.0. The van der Waals surface area contributed by atoms with Gasteiger partial charge in [-0.2, -0.15) is 0 Å². The zero-order valence-corrected chi connectivity index (χ0v) is 20.5. The molecule has 2 amide bonds. The lowest BCUT2D eigenvalue weighted by Gasteiger charge is -2.58. The average Bonchev–Trinajstić information content (AvgIpc) is 2.71. The van der Waals surface area contributed by atoms with Gasteiger partial charge in [0.25, 0.3) is 0 Å². The molecule has 0 N–H and O–H groups in total. The summed E-state index contributed by atoms with van der Waals surface area (Å²) in [4.78, 5) is 39.4. The summed E-state index contributed by atoms with van der Waals surface area (Å²) in [6, 6.07) is 0. The highest BCUT2D eigenvalue weighted by Crippen LogP contribution is 2.53. The molecule has 2 rings (SSSR count). The van der Waals surface area contributed by atoms with Crippen molar-refractivity contribution in [1.82, 2.24) is 9.80 Å². The minimum absolute atomic E-state index is 0.197. The number of carbonyl (C=O) groups is 3. The standard InChI is InChI=1S/C22H36N2O5.C2H6/c1-6-7-13-28-19(26)17(14-22-11-10-18(22)15-24(22)16-25)9-8-12-23(5)20(27)29-21(2,3)4;1-2/h15-17H,6-14H2,1-5H3;1-2H3. The Morgan fingerprint density at radius 1 is 1.29 bits per heavy atom. The Labute approximate surface area is 188 Å². The fourth-order valence-electron chi connectivity index (χ4n) is 3.88. The SMILES string of the molecule is CC.CCCCOC(=O)C(CCCN(C)C(=O)OC(C)(C)C)CC12CCC1=CN2C=O. The molecular weight excluding hydrogens is 396 g/mol. The fourth-order valence-corrected chi connectivity index (χ4v) is 3.88. The molecule has 31 heavy (non-hydrogen) atoms. The van der Waals surface area contributed by atoms with E-state index in [0.717, 1.165) is 32.1 Å². The molecule has 0 aromatic heterocycles. The summed E-state index contributed by atoms with van der Waals surface area (Å²) >= 11 is 0. The van der Waals surface area contributed by atoms with E-state index in [2.05, 4.69) is 6.92 Å². The molecule has 7 heteroatoms. The van der Waals surface area contributed by atoms with Gasteiger partial charge in [-0.25, -0.2) is 4.79 Å². The summed E-state index contributed by atoms with van der Waals surface area (Å²) < 4.78 is 10.9. The number of hydrogen-bond donors (Lipinski definition) is 0. The lowest BCUT2D eigenvalue weighted by Crippen LogP contribution is -2.61. The maximum atomic E-state index is 12.7. The molecule has 0 aromatic rings. The van der Waals surface area contributed by atoms with Crippen LogP contribution < -0.4 is 0 Å². The molecule has 7 nitrogen and oxygen atoms in total. The second-order valence-corrected chi connectivity index (χ2v) is 9.16. The largest absolute Gasteiger partial charge is 0.465 e. The maximum Gasteiger partial charge on any atom is 0.410 e. The van der Waals surface area contributed by atoms with Crippen molar-refractivity contribution >= 4 is 18.5 Å². The number of rotatable bonds is 11. The van der Waals surface area contributed by atoms with Crippen LogP contribution in [0.25, 0.3) is 0 Å². The molecule has 1 heterocycles. The Morgan fingerprint density at radius 3 is 2.45 bits per heavy atom. The molecular formula is C24H42N2O5. The van der Waals surface area contributed by atoms with Gasteiger partial charge in [0.15, 0.2) is 0 Å². The van der Waals surface area contributed by atoms with Crippen LogP contribution in [0.4, 0.5) is 4.79 Å². The van der Waals surface area contributed by atoms with Crippen molar-refractivity contribution in [2.45, 2.75) is 97.6 Å². The first-order valence-corrected chi connectivity index (χ1v) is 11.7. The Kier molecular flexibility index (Phi) is 10.5. The number of fused-ring (bicyclic) bond motifs is 1. The summed E-state index contributed by atoms with van der Waals surface area (Å²) in [5.74, 6) is -0.484. The average molecular weight is 439 g/mol. The molecule has 2 unspecified atom stereocenters. The predicted octanol–water partition coefficient (Wildman–Crippen LogP) is 4.90. The van der Waals surface area contributed by atoms with Crippen LogP contribution in [0.5, 0.6) is 0 Å². The van der Waals surface area contributed by atoms with E-state index in [0.29, 0.717) is 32.4 Å². The van der Waals surface area contributed by atoms with Crippen LogP contribution in [0.2, 0.25) is 0 Å². The van der Waals surface area contributed by atoms with Crippen LogP contribution in [-0.4, -0.2) is 59.6 Å². The van der Waals surface area contributed by atoms with Crippen molar-refractivity contribution in [3.8, 4) is 0 Å². The van der Waals surface area contributed by atoms with Crippen LogP contribution in [0.3, 0.4) is 0 Å². The molecule has 178 valence electrons. The van der Waals surface area contributed by atoms with E-state index in [-0.39, 0.29) is 23.5 Å². The third-order valence-corrected chi connectivity index (χ3v) is 5.72. The van der Waals surface area contributed by atoms with Crippen LogP contribution in [0.1, 0.15) is 86.5 Å². The number of esters is 1. The molecule has 1 fully saturated rings. The highest BCUT2D eigenvalue weighted by molar-refractivity contribution is 5.73. The normalized spacial score (nSPS) is 20.0. The molecule has 0 aromatic carbocycles. The lowest BCUT2D eigenvalue weighted by molar-refractivity contribution is -0.151. The number of ether oxygens (including phenoxy) is 2. The van der Waals surface area contributed by atoms with Crippen molar-refractivity contribution in [3.63, 3.8) is 0 Å². The molecule has 0 spiro atoms. The summed E-state index contributed by atoms with van der Waals surface area (Å²) in [7, 11) is 1.70. The van der Waals surface area contributed by atoms with E-state index in [1.54, 1.807) is 16.8 Å². The van der Waals surface area contributed by atoms with Crippen LogP contribution in [-0.2, 0) is 19.1 Å². The minimum Gasteiger partial charge on any atom is -0.465 e. The molecule has 0 saturated heterocycles. The highest BCUT2D eigenvalue weighted by Gasteiger charge is 2.54. The van der Waals surface area contributed by atoms with Gasteiger partial charge < -0.3 is 19.3 Å². The Morgan fingerprint density at radius 2 is 1.97 bits per heavy atom. The van der Waals surface area contributed by atoms with Gasteiger partial charge in [0.1, 0.15) is 5.60 Å². The Hall–Kier alpha value is -2.05. The Bertz CT molecular complexity index is 640. The quantitative estimate of drug-likeness (QED) is 0.261. The number of unbranched alkanes of at least 4 members (excludes halogenated alkanes) is 1. The molecule has 2 atom stereocenters. The van der Waals surface area contributed by atoms with E-state index in [4.69, 9.17) is 9.47 Å². The Balaban J connectivity index is 0.00000233. The maximum absolute atomic E-state index is 12.7. The molecule has 1 saturated carbocycles. The summed E-state index contributed by atoms with van der Waals surface area (Å²) in [5, 5.41) is 0. The smallest absolute Gasteiger partial charge is 0.410 e. The third kappa shape index (κ3) is 7.25. The van der Waals surface area contributed by atoms with E-state index < -0.39 is 5.60 Å². The zero-order valence-electron chi connectivity index (χ0n) is 20.5. The monoisotopic (exact) mass is 438 g/mol. The van der Waals surface area contributed by atoms with E-state index in [9.17, 15) is 14.4 Å². The van der Waals surface area contributed by atoms with Gasteiger partial charge in [0.2, 0.25) is 6.41 Å². The summed E-state index contributed by atoms with van der Waals surface area (Å²) in [6.45, 7) is 12.5. The van der Waals surface area contributed by atoms with Crippen molar-refractivity contribution in [3.05, 3.63) is 11.8 Å². The van der Waals surface area contributed by atoms with Crippen molar-refractivity contribution < 1.29 is 23.9 Å². The first-order chi connectivity index (χ1) is 14.6. The van der Waals surface area contributed by atoms with Gasteiger partial charge in [0.05, 0.1) is 18.1 Å². The molecule has 1 aliphatic carbocycles. The zero-order chi connectivity index (χ0) is 23.7. The van der Waals surface area contributed by atoms with Gasteiger partial charge in [-0.3, -0.25) is 9.59 Å². The topological polar surface area (TPSA) is 76.2 Å². The van der Waals surface area contributed by atoms with Crippen LogP contribution in [0, 0.1) is 5.92 Å². The van der Waals surface area contributed by atoms with Crippen LogP contribution >= 0.6 is 0 Å². The molecule has 0 bridgehead atoms. The van der Waals surface area contributed by atoms with Gasteiger partial charge in [0, 0.05) is 19.8 Å². The lowest BCUT2D eigenvalue weighted by atomic mass is 9.62. The number of hydrogen-bond acceptors (Lipinski definition) is 5. The number of carbonyl (C=O) groups excluding carboxylic acids is 3. The van der Waals surface area contributed by atoms with Gasteiger partial charge in [-0.1, -0.05) is 27.2 Å². The number of nitrogens with zero attached hydrogens (tertiary/aromatic N) is 2. The molecule has 2 aliphatic rings. The first-order valence-electron chi connectivity index (χ1n) is 11.7. The van der Waals surface area contributed by atoms with Crippen LogP contribution in [0.15, 0.2) is 11.8 Å². The van der Waals surface area contributed by atoms with E-state index >= 15 is 0 Å². The van der Waals surface area contributed by atoms with Gasteiger partial charge in [-0.15, -0.1) is 0 Å². The van der Waals surface area contributed by atoms with Crippen molar-refractivity contribution in [2.75, 3.05) is 20.2 Å². The fraction of sp³-hybridized carbons (Fsp3) is 0.792. The summed E-state index contributed by atoms with van der Waals surface area (Å²) in [6.07, 6.45) is 7.93. The predicted molar refractivity (Wildman–Crippen MR) is 121 cm³/mol. The second-order valence-electron chi connectivity index (χ2n) is 9.16. The molecule has 1 aliphatic heterocycles. The molecule has 0 radical (unpaired) electrons. The minimum atomic E-state index is -0.536. The van der Waals surface area contributed by atoms with Crippen molar-refractivity contribution in [1.29, 1.82) is 0 Å². The highest BCUT2D eigenvalue weighted by atomic mass is 16.6. The third-order valence-electron chi connectivity index (χ3n) is 5.72. The van der Waals surface area contributed by atoms with Crippen molar-refractivity contribution in [2.24, 2.45) is 5.92 Å². The second kappa shape index (κ2) is 12.1. The van der Waals surface area contributed by atoms with Gasteiger partial charge in [-0.05, 0) is 64.9 Å². The number of amides is 2.